The summed E-state index contributed by atoms with van der Waals surface area (Å²) in [4.78, 5) is 0. The Hall–Kier alpha value is -0.580. The Labute approximate surface area is 130 Å². The van der Waals surface area contributed by atoms with Crippen molar-refractivity contribution in [3.05, 3.63) is 28.2 Å². The zero-order valence-corrected chi connectivity index (χ0v) is 14.1. The summed E-state index contributed by atoms with van der Waals surface area (Å²) in [5, 5.41) is 3.38. The van der Waals surface area contributed by atoms with Gasteiger partial charge in [0.15, 0.2) is 0 Å². The van der Waals surface area contributed by atoms with E-state index in [4.69, 9.17) is 9.47 Å². The molecule has 1 heterocycles. The van der Waals surface area contributed by atoms with E-state index < -0.39 is 0 Å². The van der Waals surface area contributed by atoms with Crippen LogP contribution in [0.25, 0.3) is 0 Å². The zero-order chi connectivity index (χ0) is 14.5. The molecule has 0 aliphatic carbocycles. The number of benzene rings is 1. The molecule has 1 aliphatic rings. The van der Waals surface area contributed by atoms with E-state index in [0.717, 1.165) is 36.1 Å². The predicted octanol–water partition coefficient (Wildman–Crippen LogP) is 4.07. The van der Waals surface area contributed by atoms with Crippen LogP contribution in [0.3, 0.4) is 0 Å². The standard InChI is InChI=1S/C16H24BrNO2/c1-4-9-19-14-8-6-12(10-13(14)17)16(18-3)15-7-5-11(2)20-15/h6,8,10-11,15-16,18H,4-5,7,9H2,1-3H3. The van der Waals surface area contributed by atoms with E-state index >= 15 is 0 Å². The van der Waals surface area contributed by atoms with E-state index in [1.54, 1.807) is 0 Å². The molecule has 1 N–H and O–H groups in total. The fourth-order valence-corrected chi connectivity index (χ4v) is 3.20. The Bertz CT molecular complexity index is 438. The molecule has 1 aliphatic heterocycles. The van der Waals surface area contributed by atoms with Gasteiger partial charge in [0, 0.05) is 0 Å². The number of nitrogens with one attached hydrogen (secondary N) is 1. The van der Waals surface area contributed by atoms with Crippen molar-refractivity contribution in [3.8, 4) is 5.75 Å². The predicted molar refractivity (Wildman–Crippen MR) is 85.3 cm³/mol. The lowest BCUT2D eigenvalue weighted by Crippen LogP contribution is -2.29. The molecule has 0 radical (unpaired) electrons. The molecule has 2 rings (SSSR count). The number of ether oxygens (including phenoxy) is 2. The van der Waals surface area contributed by atoms with Crippen LogP contribution in [-0.2, 0) is 4.74 Å². The van der Waals surface area contributed by atoms with Gasteiger partial charge in [-0.25, -0.2) is 0 Å². The third-order valence-electron chi connectivity index (χ3n) is 3.72. The van der Waals surface area contributed by atoms with Gasteiger partial charge < -0.3 is 14.8 Å². The average molecular weight is 342 g/mol. The van der Waals surface area contributed by atoms with Crippen LogP contribution in [0.5, 0.6) is 5.75 Å². The van der Waals surface area contributed by atoms with Gasteiger partial charge in [-0.2, -0.15) is 0 Å². The van der Waals surface area contributed by atoms with Gasteiger partial charge in [0.2, 0.25) is 0 Å². The highest BCUT2D eigenvalue weighted by Gasteiger charge is 2.29. The molecule has 3 unspecified atom stereocenters. The maximum absolute atomic E-state index is 5.99. The van der Waals surface area contributed by atoms with Crippen molar-refractivity contribution in [1.82, 2.24) is 5.32 Å². The lowest BCUT2D eigenvalue weighted by molar-refractivity contribution is 0.0333. The van der Waals surface area contributed by atoms with Gasteiger partial charge in [0.25, 0.3) is 0 Å². The molecule has 1 fully saturated rings. The molecule has 0 saturated carbocycles. The molecule has 1 aromatic rings. The molecule has 0 amide bonds. The summed E-state index contributed by atoms with van der Waals surface area (Å²) in [6.07, 6.45) is 3.89. The van der Waals surface area contributed by atoms with Crippen LogP contribution in [0.1, 0.15) is 44.7 Å². The van der Waals surface area contributed by atoms with Crippen LogP contribution >= 0.6 is 15.9 Å². The van der Waals surface area contributed by atoms with Gasteiger partial charge in [-0.1, -0.05) is 13.0 Å². The second-order valence-electron chi connectivity index (χ2n) is 5.37. The Morgan fingerprint density at radius 2 is 2.25 bits per heavy atom. The molecule has 3 atom stereocenters. The Balaban J connectivity index is 2.12. The lowest BCUT2D eigenvalue weighted by Gasteiger charge is -2.24. The summed E-state index contributed by atoms with van der Waals surface area (Å²) in [6, 6.07) is 6.54. The minimum Gasteiger partial charge on any atom is -0.492 e. The largest absolute Gasteiger partial charge is 0.492 e. The SMILES string of the molecule is CCCOc1ccc(C(NC)C2CCC(C)O2)cc1Br. The van der Waals surface area contributed by atoms with Gasteiger partial charge in [-0.3, -0.25) is 0 Å². The van der Waals surface area contributed by atoms with E-state index in [2.05, 4.69) is 47.2 Å². The maximum Gasteiger partial charge on any atom is 0.133 e. The Kier molecular flexibility index (Phi) is 5.87. The number of hydrogen-bond donors (Lipinski definition) is 1. The van der Waals surface area contributed by atoms with Crippen LogP contribution in [0.15, 0.2) is 22.7 Å². The van der Waals surface area contributed by atoms with Crippen molar-refractivity contribution in [3.63, 3.8) is 0 Å². The molecule has 4 heteroatoms. The number of hydrogen-bond acceptors (Lipinski definition) is 3. The average Bonchev–Trinajstić information content (AvgIpc) is 2.85. The summed E-state index contributed by atoms with van der Waals surface area (Å²) >= 11 is 3.60. The monoisotopic (exact) mass is 341 g/mol. The molecule has 112 valence electrons. The first-order valence-corrected chi connectivity index (χ1v) is 8.20. The third kappa shape index (κ3) is 3.74. The number of rotatable bonds is 6. The Morgan fingerprint density at radius 3 is 2.80 bits per heavy atom. The highest BCUT2D eigenvalue weighted by Crippen LogP contribution is 2.33. The van der Waals surface area contributed by atoms with Crippen LogP contribution < -0.4 is 10.1 Å². The zero-order valence-electron chi connectivity index (χ0n) is 12.5. The molecule has 0 aromatic heterocycles. The van der Waals surface area contributed by atoms with E-state index in [-0.39, 0.29) is 12.1 Å². The molecule has 3 nitrogen and oxygen atoms in total. The fraction of sp³-hybridized carbons (Fsp3) is 0.625. The molecule has 1 saturated heterocycles. The van der Waals surface area contributed by atoms with Crippen LogP contribution in [0, 0.1) is 0 Å². The lowest BCUT2D eigenvalue weighted by atomic mass is 9.99. The van der Waals surface area contributed by atoms with Crippen molar-refractivity contribution in [2.24, 2.45) is 0 Å². The van der Waals surface area contributed by atoms with Gasteiger partial charge in [-0.15, -0.1) is 0 Å². The van der Waals surface area contributed by atoms with Crippen molar-refractivity contribution >= 4 is 15.9 Å². The van der Waals surface area contributed by atoms with E-state index in [9.17, 15) is 0 Å². The van der Waals surface area contributed by atoms with Gasteiger partial charge in [0.05, 0.1) is 29.3 Å². The smallest absolute Gasteiger partial charge is 0.133 e. The van der Waals surface area contributed by atoms with Crippen molar-refractivity contribution in [2.75, 3.05) is 13.7 Å². The number of likely N-dealkylation sites (N-methyl/N-ethyl adjacent to an activating group) is 1. The minimum absolute atomic E-state index is 0.233. The highest BCUT2D eigenvalue weighted by molar-refractivity contribution is 9.10. The molecule has 0 bridgehead atoms. The van der Waals surface area contributed by atoms with Crippen LogP contribution in [-0.4, -0.2) is 25.9 Å². The van der Waals surface area contributed by atoms with Gasteiger partial charge in [0.1, 0.15) is 5.75 Å². The third-order valence-corrected chi connectivity index (χ3v) is 4.34. The first-order chi connectivity index (χ1) is 9.65. The summed E-state index contributed by atoms with van der Waals surface area (Å²) in [5.41, 5.74) is 1.24. The first kappa shape index (κ1) is 15.8. The van der Waals surface area contributed by atoms with Crippen LogP contribution in [0.2, 0.25) is 0 Å². The van der Waals surface area contributed by atoms with Crippen molar-refractivity contribution in [1.29, 1.82) is 0 Å². The highest BCUT2D eigenvalue weighted by atomic mass is 79.9. The summed E-state index contributed by atoms with van der Waals surface area (Å²) < 4.78 is 12.7. The normalized spacial score (nSPS) is 23.8. The molecule has 1 aromatic carbocycles. The summed E-state index contributed by atoms with van der Waals surface area (Å²) in [5.74, 6) is 0.908. The molecule has 20 heavy (non-hydrogen) atoms. The van der Waals surface area contributed by atoms with Crippen molar-refractivity contribution < 1.29 is 9.47 Å². The van der Waals surface area contributed by atoms with Crippen molar-refractivity contribution in [2.45, 2.75) is 51.4 Å². The second-order valence-corrected chi connectivity index (χ2v) is 6.22. The van der Waals surface area contributed by atoms with Gasteiger partial charge in [-0.05, 0) is 66.9 Å². The van der Waals surface area contributed by atoms with Gasteiger partial charge >= 0.3 is 0 Å². The van der Waals surface area contributed by atoms with E-state index in [1.165, 1.54) is 5.56 Å². The Morgan fingerprint density at radius 1 is 1.45 bits per heavy atom. The topological polar surface area (TPSA) is 30.5 Å². The summed E-state index contributed by atoms with van der Waals surface area (Å²) in [7, 11) is 1.99. The van der Waals surface area contributed by atoms with Crippen LogP contribution in [0.4, 0.5) is 0 Å². The van der Waals surface area contributed by atoms with E-state index in [0.29, 0.717) is 6.10 Å². The minimum atomic E-state index is 0.233. The quantitative estimate of drug-likeness (QED) is 0.846. The number of halogens is 1. The fourth-order valence-electron chi connectivity index (χ4n) is 2.69. The molecular formula is C16H24BrNO2. The first-order valence-electron chi connectivity index (χ1n) is 7.40. The van der Waals surface area contributed by atoms with E-state index in [1.807, 2.05) is 13.1 Å². The maximum atomic E-state index is 5.99. The summed E-state index contributed by atoms with van der Waals surface area (Å²) in [6.45, 7) is 5.00. The second kappa shape index (κ2) is 7.43. The molecular weight excluding hydrogens is 318 g/mol. The molecule has 0 spiro atoms.